The highest BCUT2D eigenvalue weighted by Gasteiger charge is 2.44. The van der Waals surface area contributed by atoms with Crippen molar-refractivity contribution < 1.29 is 19.2 Å². The van der Waals surface area contributed by atoms with E-state index in [-0.39, 0.29) is 6.42 Å². The van der Waals surface area contributed by atoms with E-state index < -0.39 is 23.0 Å². The highest BCUT2D eigenvalue weighted by molar-refractivity contribution is 5.99. The van der Waals surface area contributed by atoms with Crippen molar-refractivity contribution in [2.45, 2.75) is 46.6 Å². The summed E-state index contributed by atoms with van der Waals surface area (Å²) in [4.78, 5) is 27.2. The number of ether oxygens (including phenoxy) is 1. The molecule has 0 fully saturated rings. The molecule has 0 amide bonds. The second kappa shape index (κ2) is 4.61. The Balaban J connectivity index is 4.82. The van der Waals surface area contributed by atoms with E-state index in [4.69, 9.17) is 10.6 Å². The van der Waals surface area contributed by atoms with Crippen molar-refractivity contribution in [2.75, 3.05) is 0 Å². The van der Waals surface area contributed by atoms with E-state index >= 15 is 0 Å². The molecule has 0 heterocycles. The van der Waals surface area contributed by atoms with E-state index in [0.717, 1.165) is 0 Å². The molecular formula is C10H19NO4. The molecular weight excluding hydrogens is 198 g/mol. The smallest absolute Gasteiger partial charge is 0.341 e. The largest absolute Gasteiger partial charge is 0.459 e. The quantitative estimate of drug-likeness (QED) is 0.436. The molecule has 0 spiro atoms. The van der Waals surface area contributed by atoms with Gasteiger partial charge in [0.05, 0.1) is 0 Å². The van der Waals surface area contributed by atoms with Crippen LogP contribution in [0.4, 0.5) is 0 Å². The summed E-state index contributed by atoms with van der Waals surface area (Å²) < 4.78 is 5.12. The number of esters is 1. The average Bonchev–Trinajstić information content (AvgIpc) is 2.12. The van der Waals surface area contributed by atoms with Gasteiger partial charge in [0.1, 0.15) is 5.60 Å². The Kier molecular flexibility index (Phi) is 4.27. The molecule has 1 atom stereocenters. The number of hydrogen-bond acceptors (Lipinski definition) is 5. The summed E-state index contributed by atoms with van der Waals surface area (Å²) in [7, 11) is 0. The maximum Gasteiger partial charge on any atom is 0.341 e. The SMILES string of the molecule is CCC(C)(C(=O)ON)C(=O)OC(C)(C)C. The van der Waals surface area contributed by atoms with Gasteiger partial charge < -0.3 is 9.57 Å². The number of rotatable bonds is 3. The predicted octanol–water partition coefficient (Wildman–Crippen LogP) is 1.16. The second-order valence-electron chi connectivity index (χ2n) is 4.59. The van der Waals surface area contributed by atoms with Gasteiger partial charge in [0.2, 0.25) is 0 Å². The molecule has 0 aromatic rings. The molecule has 1 unspecified atom stereocenters. The van der Waals surface area contributed by atoms with Crippen LogP contribution in [0.1, 0.15) is 41.0 Å². The molecule has 0 aliphatic heterocycles. The second-order valence-corrected chi connectivity index (χ2v) is 4.59. The van der Waals surface area contributed by atoms with E-state index in [1.165, 1.54) is 6.92 Å². The van der Waals surface area contributed by atoms with Gasteiger partial charge in [0.25, 0.3) is 0 Å². The zero-order chi connectivity index (χ0) is 12.3. The van der Waals surface area contributed by atoms with Crippen LogP contribution in [0.3, 0.4) is 0 Å². The Morgan fingerprint density at radius 3 is 1.87 bits per heavy atom. The molecule has 0 aliphatic carbocycles. The molecule has 0 aromatic carbocycles. The topological polar surface area (TPSA) is 78.6 Å². The summed E-state index contributed by atoms with van der Waals surface area (Å²) in [5.74, 6) is 3.38. The molecule has 0 aliphatic rings. The predicted molar refractivity (Wildman–Crippen MR) is 54.5 cm³/mol. The Morgan fingerprint density at radius 1 is 1.13 bits per heavy atom. The third-order valence-electron chi connectivity index (χ3n) is 2.11. The molecule has 0 radical (unpaired) electrons. The lowest BCUT2D eigenvalue weighted by Gasteiger charge is -2.27. The Hall–Kier alpha value is -1.10. The van der Waals surface area contributed by atoms with Crippen LogP contribution < -0.4 is 5.90 Å². The van der Waals surface area contributed by atoms with Gasteiger partial charge in [-0.15, -0.1) is 0 Å². The molecule has 5 nitrogen and oxygen atoms in total. The number of carbonyl (C=O) groups is 2. The minimum atomic E-state index is -1.33. The fourth-order valence-corrected chi connectivity index (χ4v) is 0.893. The van der Waals surface area contributed by atoms with Gasteiger partial charge in [-0.1, -0.05) is 6.92 Å². The molecule has 0 saturated heterocycles. The summed E-state index contributed by atoms with van der Waals surface area (Å²) in [5, 5.41) is 0. The Bertz CT molecular complexity index is 257. The molecule has 5 heteroatoms. The fraction of sp³-hybridized carbons (Fsp3) is 0.800. The van der Waals surface area contributed by atoms with Crippen LogP contribution in [0, 0.1) is 5.41 Å². The van der Waals surface area contributed by atoms with Gasteiger partial charge >= 0.3 is 11.9 Å². The summed E-state index contributed by atoms with van der Waals surface area (Å²) in [6, 6.07) is 0. The van der Waals surface area contributed by atoms with Gasteiger partial charge in [-0.05, 0) is 34.1 Å². The van der Waals surface area contributed by atoms with E-state index in [1.807, 2.05) is 0 Å². The molecule has 0 aromatic heterocycles. The first-order chi connectivity index (χ1) is 6.67. The van der Waals surface area contributed by atoms with Gasteiger partial charge in [-0.2, -0.15) is 5.90 Å². The third kappa shape index (κ3) is 3.51. The fourth-order valence-electron chi connectivity index (χ4n) is 0.893. The highest BCUT2D eigenvalue weighted by Crippen LogP contribution is 2.26. The standard InChI is InChI=1S/C10H19NO4/c1-6-10(5,8(13)15-11)7(12)14-9(2,3)4/h6,11H2,1-5H3. The number of carbonyl (C=O) groups excluding carboxylic acids is 2. The van der Waals surface area contributed by atoms with Crippen LogP contribution in [0.15, 0.2) is 0 Å². The van der Waals surface area contributed by atoms with Gasteiger partial charge in [0, 0.05) is 0 Å². The number of hydrogen-bond donors (Lipinski definition) is 1. The molecule has 2 N–H and O–H groups in total. The van der Waals surface area contributed by atoms with E-state index in [1.54, 1.807) is 27.7 Å². The van der Waals surface area contributed by atoms with Crippen molar-refractivity contribution in [1.82, 2.24) is 0 Å². The number of nitrogens with two attached hydrogens (primary N) is 1. The zero-order valence-electron chi connectivity index (χ0n) is 9.92. The van der Waals surface area contributed by atoms with E-state index in [9.17, 15) is 9.59 Å². The van der Waals surface area contributed by atoms with Crippen molar-refractivity contribution in [3.8, 4) is 0 Å². The first-order valence-corrected chi connectivity index (χ1v) is 4.82. The van der Waals surface area contributed by atoms with Crippen LogP contribution >= 0.6 is 0 Å². The Labute approximate surface area is 89.9 Å². The maximum atomic E-state index is 11.7. The molecule has 0 rings (SSSR count). The van der Waals surface area contributed by atoms with Crippen molar-refractivity contribution >= 4 is 11.9 Å². The minimum absolute atomic E-state index is 0.276. The normalized spacial score (nSPS) is 15.3. The summed E-state index contributed by atoms with van der Waals surface area (Å²) in [5.41, 5.74) is -1.97. The van der Waals surface area contributed by atoms with Crippen molar-refractivity contribution in [3.63, 3.8) is 0 Å². The van der Waals surface area contributed by atoms with Crippen LogP contribution in [0.5, 0.6) is 0 Å². The van der Waals surface area contributed by atoms with Crippen molar-refractivity contribution in [1.29, 1.82) is 0 Å². The van der Waals surface area contributed by atoms with Crippen LogP contribution in [0.25, 0.3) is 0 Å². The van der Waals surface area contributed by atoms with Crippen LogP contribution in [0.2, 0.25) is 0 Å². The zero-order valence-corrected chi connectivity index (χ0v) is 9.92. The first-order valence-electron chi connectivity index (χ1n) is 4.82. The molecule has 0 bridgehead atoms. The average molecular weight is 217 g/mol. The van der Waals surface area contributed by atoms with Crippen molar-refractivity contribution in [2.24, 2.45) is 11.3 Å². The van der Waals surface area contributed by atoms with Crippen molar-refractivity contribution in [3.05, 3.63) is 0 Å². The highest BCUT2D eigenvalue weighted by atomic mass is 16.7. The Morgan fingerprint density at radius 2 is 1.60 bits per heavy atom. The molecule has 15 heavy (non-hydrogen) atoms. The summed E-state index contributed by atoms with van der Waals surface area (Å²) >= 11 is 0. The lowest BCUT2D eigenvalue weighted by molar-refractivity contribution is -0.178. The minimum Gasteiger partial charge on any atom is -0.459 e. The maximum absolute atomic E-state index is 11.7. The first kappa shape index (κ1) is 13.9. The van der Waals surface area contributed by atoms with E-state index in [0.29, 0.717) is 0 Å². The summed E-state index contributed by atoms with van der Waals surface area (Å²) in [6.45, 7) is 8.34. The lowest BCUT2D eigenvalue weighted by Crippen LogP contribution is -2.42. The monoisotopic (exact) mass is 217 g/mol. The van der Waals surface area contributed by atoms with Crippen LogP contribution in [-0.4, -0.2) is 17.5 Å². The van der Waals surface area contributed by atoms with Crippen LogP contribution in [-0.2, 0) is 19.2 Å². The van der Waals surface area contributed by atoms with Gasteiger partial charge in [0.15, 0.2) is 5.41 Å². The van der Waals surface area contributed by atoms with Gasteiger partial charge in [-0.25, -0.2) is 4.79 Å². The van der Waals surface area contributed by atoms with E-state index in [2.05, 4.69) is 4.84 Å². The third-order valence-corrected chi connectivity index (χ3v) is 2.11. The molecule has 0 saturated carbocycles. The lowest BCUT2D eigenvalue weighted by atomic mass is 9.87. The molecule has 88 valence electrons. The van der Waals surface area contributed by atoms with Gasteiger partial charge in [-0.3, -0.25) is 4.79 Å². The summed E-state index contributed by atoms with van der Waals surface area (Å²) in [6.07, 6.45) is 0.276.